The van der Waals surface area contributed by atoms with E-state index in [4.69, 9.17) is 5.26 Å². The van der Waals surface area contributed by atoms with E-state index in [0.717, 1.165) is 6.54 Å². The number of nitrogens with one attached hydrogen (secondary N) is 1. The highest BCUT2D eigenvalue weighted by Gasteiger charge is 2.38. The molecule has 0 atom stereocenters. The highest BCUT2D eigenvalue weighted by Crippen LogP contribution is 2.24. The van der Waals surface area contributed by atoms with Gasteiger partial charge >= 0.3 is 6.18 Å². The fourth-order valence-electron chi connectivity index (χ4n) is 2.23. The molecule has 0 aromatic heterocycles. The van der Waals surface area contributed by atoms with Gasteiger partial charge in [0, 0.05) is 19.6 Å². The van der Waals surface area contributed by atoms with Crippen LogP contribution < -0.4 is 5.32 Å². The minimum Gasteiger partial charge on any atom is -0.303 e. The van der Waals surface area contributed by atoms with Crippen LogP contribution >= 0.6 is 0 Å². The summed E-state index contributed by atoms with van der Waals surface area (Å²) in [4.78, 5) is 2.20. The van der Waals surface area contributed by atoms with Crippen molar-refractivity contribution in [2.45, 2.75) is 38.4 Å². The largest absolute Gasteiger partial charge is 0.401 e. The lowest BCUT2D eigenvalue weighted by Crippen LogP contribution is -2.55. The molecule has 1 aliphatic rings. The van der Waals surface area contributed by atoms with Crippen molar-refractivity contribution >= 4 is 0 Å². The number of rotatable bonds is 4. The summed E-state index contributed by atoms with van der Waals surface area (Å²) in [5.74, 6) is 0.530. The summed E-state index contributed by atoms with van der Waals surface area (Å²) in [5, 5.41) is 11.5. The highest BCUT2D eigenvalue weighted by molar-refractivity contribution is 5.09. The van der Waals surface area contributed by atoms with Gasteiger partial charge in [-0.1, -0.05) is 13.8 Å². The third-order valence-corrected chi connectivity index (χ3v) is 3.17. The van der Waals surface area contributed by atoms with Gasteiger partial charge in [-0.3, -0.25) is 5.32 Å². The topological polar surface area (TPSA) is 39.1 Å². The maximum atomic E-state index is 12.2. The number of alkyl halides is 3. The summed E-state index contributed by atoms with van der Waals surface area (Å²) in [6.07, 6.45) is -3.36. The van der Waals surface area contributed by atoms with E-state index < -0.39 is 18.3 Å². The highest BCUT2D eigenvalue weighted by atomic mass is 19.4. The fourth-order valence-corrected chi connectivity index (χ4v) is 2.23. The summed E-state index contributed by atoms with van der Waals surface area (Å²) in [6.45, 7) is 5.40. The Balaban J connectivity index is 2.48. The summed E-state index contributed by atoms with van der Waals surface area (Å²) in [6, 6.07) is 2.03. The van der Waals surface area contributed by atoms with E-state index in [2.05, 4.69) is 24.1 Å². The molecule has 1 fully saturated rings. The molecule has 0 bridgehead atoms. The van der Waals surface area contributed by atoms with Crippen molar-refractivity contribution in [2.24, 2.45) is 5.92 Å². The monoisotopic (exact) mass is 263 g/mol. The summed E-state index contributed by atoms with van der Waals surface area (Å²) in [5.41, 5.74) is -1.01. The van der Waals surface area contributed by atoms with E-state index in [-0.39, 0.29) is 0 Å². The summed E-state index contributed by atoms with van der Waals surface area (Å²) in [7, 11) is 0. The van der Waals surface area contributed by atoms with Crippen LogP contribution in [0.5, 0.6) is 0 Å². The van der Waals surface area contributed by atoms with Crippen molar-refractivity contribution in [1.82, 2.24) is 10.2 Å². The predicted octanol–water partition coefficient (Wildman–Crippen LogP) is 2.15. The van der Waals surface area contributed by atoms with Crippen LogP contribution in [-0.2, 0) is 0 Å². The van der Waals surface area contributed by atoms with E-state index in [1.165, 1.54) is 0 Å². The molecular weight excluding hydrogens is 243 g/mol. The Morgan fingerprint density at radius 2 is 1.89 bits per heavy atom. The van der Waals surface area contributed by atoms with E-state index in [1.807, 2.05) is 6.07 Å². The zero-order chi connectivity index (χ0) is 13.8. The van der Waals surface area contributed by atoms with Gasteiger partial charge in [0.15, 0.2) is 0 Å². The van der Waals surface area contributed by atoms with Crippen LogP contribution in [0.1, 0.15) is 26.7 Å². The normalized spacial score (nSPS) is 20.9. The number of nitrogens with zero attached hydrogens (tertiary/aromatic N) is 2. The standard InChI is InChI=1S/C12H20F3N3/c1-10(2)7-18-5-3-11(8-16,4-6-18)17-9-12(13,14)15/h10,17H,3-7,9H2,1-2H3. The van der Waals surface area contributed by atoms with Crippen LogP contribution in [0.4, 0.5) is 13.2 Å². The van der Waals surface area contributed by atoms with Crippen molar-refractivity contribution in [1.29, 1.82) is 5.26 Å². The average Bonchev–Trinajstić information content (AvgIpc) is 2.27. The van der Waals surface area contributed by atoms with Gasteiger partial charge in [0.1, 0.15) is 5.54 Å². The zero-order valence-electron chi connectivity index (χ0n) is 10.8. The Bertz CT molecular complexity index is 299. The molecule has 0 saturated carbocycles. The molecule has 1 aliphatic heterocycles. The second-order valence-electron chi connectivity index (χ2n) is 5.36. The van der Waals surface area contributed by atoms with Crippen molar-refractivity contribution in [2.75, 3.05) is 26.2 Å². The van der Waals surface area contributed by atoms with Crippen molar-refractivity contribution in [3.8, 4) is 6.07 Å². The van der Waals surface area contributed by atoms with E-state index in [9.17, 15) is 13.2 Å². The second-order valence-corrected chi connectivity index (χ2v) is 5.36. The molecule has 0 amide bonds. The molecule has 0 aromatic carbocycles. The van der Waals surface area contributed by atoms with Crippen LogP contribution in [0.2, 0.25) is 0 Å². The lowest BCUT2D eigenvalue weighted by atomic mass is 9.88. The zero-order valence-corrected chi connectivity index (χ0v) is 10.8. The van der Waals surface area contributed by atoms with Crippen molar-refractivity contribution in [3.05, 3.63) is 0 Å². The van der Waals surface area contributed by atoms with Crippen LogP contribution in [0.3, 0.4) is 0 Å². The van der Waals surface area contributed by atoms with Gasteiger partial charge in [0.25, 0.3) is 0 Å². The van der Waals surface area contributed by atoms with Crippen LogP contribution in [0, 0.1) is 17.2 Å². The van der Waals surface area contributed by atoms with Crippen molar-refractivity contribution < 1.29 is 13.2 Å². The van der Waals surface area contributed by atoms with Crippen LogP contribution in [0.25, 0.3) is 0 Å². The third kappa shape index (κ3) is 4.83. The summed E-state index contributed by atoms with van der Waals surface area (Å²) < 4.78 is 36.5. The first-order chi connectivity index (χ1) is 8.26. The molecule has 0 radical (unpaired) electrons. The number of likely N-dealkylation sites (tertiary alicyclic amines) is 1. The molecule has 18 heavy (non-hydrogen) atoms. The Hall–Kier alpha value is -0.800. The first kappa shape index (κ1) is 15.3. The molecule has 0 aliphatic carbocycles. The number of hydrogen-bond acceptors (Lipinski definition) is 3. The molecule has 0 unspecified atom stereocenters. The Labute approximate surface area is 106 Å². The van der Waals surface area contributed by atoms with Gasteiger partial charge in [-0.25, -0.2) is 0 Å². The smallest absolute Gasteiger partial charge is 0.303 e. The molecule has 0 aromatic rings. The average molecular weight is 263 g/mol. The van der Waals surface area contributed by atoms with Gasteiger partial charge in [-0.05, 0) is 18.8 Å². The fraction of sp³-hybridized carbons (Fsp3) is 0.917. The maximum absolute atomic E-state index is 12.2. The van der Waals surface area contributed by atoms with E-state index >= 15 is 0 Å². The van der Waals surface area contributed by atoms with Gasteiger partial charge in [-0.15, -0.1) is 0 Å². The maximum Gasteiger partial charge on any atom is 0.401 e. The Morgan fingerprint density at radius 3 is 2.28 bits per heavy atom. The SMILES string of the molecule is CC(C)CN1CCC(C#N)(NCC(F)(F)F)CC1. The third-order valence-electron chi connectivity index (χ3n) is 3.17. The van der Waals surface area contributed by atoms with Crippen molar-refractivity contribution in [3.63, 3.8) is 0 Å². The van der Waals surface area contributed by atoms with Gasteiger partial charge in [-0.2, -0.15) is 18.4 Å². The Morgan fingerprint density at radius 1 is 1.33 bits per heavy atom. The van der Waals surface area contributed by atoms with E-state index in [1.54, 1.807) is 0 Å². The minimum atomic E-state index is -4.26. The van der Waals surface area contributed by atoms with Crippen LogP contribution in [0.15, 0.2) is 0 Å². The molecule has 1 rings (SSSR count). The lowest BCUT2D eigenvalue weighted by Gasteiger charge is -2.38. The molecule has 1 saturated heterocycles. The van der Waals surface area contributed by atoms with Crippen LogP contribution in [-0.4, -0.2) is 42.8 Å². The second kappa shape index (κ2) is 5.89. The Kier molecular flexibility index (Phi) is 5.00. The minimum absolute atomic E-state index is 0.451. The molecule has 6 heteroatoms. The first-order valence-corrected chi connectivity index (χ1v) is 6.22. The van der Waals surface area contributed by atoms with Gasteiger partial charge in [0.05, 0.1) is 12.6 Å². The number of piperidine rings is 1. The van der Waals surface area contributed by atoms with Gasteiger partial charge < -0.3 is 4.90 Å². The number of nitriles is 1. The van der Waals surface area contributed by atoms with Gasteiger partial charge in [0.2, 0.25) is 0 Å². The molecule has 104 valence electrons. The molecule has 0 spiro atoms. The molecular formula is C12H20F3N3. The summed E-state index contributed by atoms with van der Waals surface area (Å²) >= 11 is 0. The lowest BCUT2D eigenvalue weighted by molar-refractivity contribution is -0.128. The number of hydrogen-bond donors (Lipinski definition) is 1. The van der Waals surface area contributed by atoms with E-state index in [0.29, 0.717) is 31.8 Å². The number of halogens is 3. The molecule has 1 N–H and O–H groups in total. The molecule has 3 nitrogen and oxygen atoms in total. The quantitative estimate of drug-likeness (QED) is 0.844. The molecule has 1 heterocycles. The predicted molar refractivity (Wildman–Crippen MR) is 62.9 cm³/mol. The first-order valence-electron chi connectivity index (χ1n) is 6.22.